The highest BCUT2D eigenvalue weighted by molar-refractivity contribution is 7.07. The Hall–Kier alpha value is -2.21. The van der Waals surface area contributed by atoms with Crippen LogP contribution in [0.4, 0.5) is 5.69 Å². The third-order valence-corrected chi connectivity index (χ3v) is 3.51. The van der Waals surface area contributed by atoms with Crippen LogP contribution in [-0.2, 0) is 0 Å². The lowest BCUT2D eigenvalue weighted by molar-refractivity contribution is 0.481. The van der Waals surface area contributed by atoms with Crippen molar-refractivity contribution in [2.24, 2.45) is 0 Å². The molecule has 1 aromatic carbocycles. The Morgan fingerprint density at radius 3 is 2.85 bits per heavy atom. The first kappa shape index (κ1) is 12.8. The maximum atomic E-state index is 5.92. The number of hydrogen-bond donors (Lipinski definition) is 1. The van der Waals surface area contributed by atoms with E-state index in [0.29, 0.717) is 16.6 Å². The number of hydrogen-bond acceptors (Lipinski definition) is 6. The molecule has 2 N–H and O–H groups in total. The van der Waals surface area contributed by atoms with Crippen molar-refractivity contribution in [3.05, 3.63) is 36.3 Å². The lowest BCUT2D eigenvalue weighted by Gasteiger charge is -2.07. The molecule has 2 aromatic heterocycles. The van der Waals surface area contributed by atoms with Gasteiger partial charge in [-0.05, 0) is 24.3 Å². The third-order valence-electron chi connectivity index (χ3n) is 2.90. The molecule has 0 fully saturated rings. The summed E-state index contributed by atoms with van der Waals surface area (Å²) < 4.78 is 10.1. The quantitative estimate of drug-likeness (QED) is 0.745. The third kappa shape index (κ3) is 2.30. The zero-order chi connectivity index (χ0) is 14.1. The number of ether oxygens (including phenoxy) is 1. The first-order valence-corrected chi connectivity index (χ1v) is 7.07. The number of anilines is 1. The van der Waals surface area contributed by atoms with Crippen LogP contribution in [0, 0.1) is 0 Å². The number of pyridine rings is 1. The number of rotatable bonds is 3. The predicted octanol–water partition coefficient (Wildman–Crippen LogP) is 3.58. The molecule has 102 valence electrons. The highest BCUT2D eigenvalue weighted by Gasteiger charge is 2.12. The lowest BCUT2D eigenvalue weighted by Crippen LogP contribution is -1.93. The van der Waals surface area contributed by atoms with Gasteiger partial charge in [0.25, 0.3) is 5.19 Å². The number of nitrogens with zero attached hydrogens (tertiary/aromatic N) is 3. The Labute approximate surface area is 120 Å². The summed E-state index contributed by atoms with van der Waals surface area (Å²) in [6.45, 7) is 4.10. The molecule has 0 spiro atoms. The molecule has 0 aliphatic carbocycles. The number of nitrogens with two attached hydrogens (primary N) is 1. The monoisotopic (exact) mass is 286 g/mol. The van der Waals surface area contributed by atoms with Crippen LogP contribution >= 0.6 is 11.5 Å². The highest BCUT2D eigenvalue weighted by atomic mass is 32.1. The van der Waals surface area contributed by atoms with E-state index in [4.69, 9.17) is 10.5 Å². The zero-order valence-electron chi connectivity index (χ0n) is 11.2. The summed E-state index contributed by atoms with van der Waals surface area (Å²) >= 11 is 1.25. The SMILES string of the molecule is CC(C)c1nsc(Oc2ccc(N)c3ncccc23)n1. The van der Waals surface area contributed by atoms with E-state index in [2.05, 4.69) is 14.3 Å². The molecule has 3 rings (SSSR count). The van der Waals surface area contributed by atoms with Crippen molar-refractivity contribution in [1.82, 2.24) is 14.3 Å². The van der Waals surface area contributed by atoms with E-state index in [1.807, 2.05) is 32.0 Å². The molecule has 6 heteroatoms. The molecule has 0 saturated heterocycles. The average Bonchev–Trinajstić information content (AvgIpc) is 2.91. The second-order valence-corrected chi connectivity index (χ2v) is 5.44. The van der Waals surface area contributed by atoms with Crippen molar-refractivity contribution >= 4 is 28.1 Å². The second-order valence-electron chi connectivity index (χ2n) is 4.73. The van der Waals surface area contributed by atoms with Crippen LogP contribution in [0.2, 0.25) is 0 Å². The first-order chi connectivity index (χ1) is 9.65. The van der Waals surface area contributed by atoms with E-state index in [9.17, 15) is 0 Å². The van der Waals surface area contributed by atoms with Gasteiger partial charge < -0.3 is 10.5 Å². The van der Waals surface area contributed by atoms with E-state index in [-0.39, 0.29) is 5.92 Å². The van der Waals surface area contributed by atoms with Crippen LogP contribution in [0.15, 0.2) is 30.5 Å². The van der Waals surface area contributed by atoms with Crippen LogP contribution in [0.5, 0.6) is 10.9 Å². The standard InChI is InChI=1S/C14H14N4OS/c1-8(2)13-17-14(20-18-13)19-11-6-5-10(15)12-9(11)4-3-7-16-12/h3-8H,15H2,1-2H3. The van der Waals surface area contributed by atoms with Crippen molar-refractivity contribution in [3.63, 3.8) is 0 Å². The van der Waals surface area contributed by atoms with Gasteiger partial charge in [0.2, 0.25) is 0 Å². The molecule has 0 bridgehead atoms. The van der Waals surface area contributed by atoms with Gasteiger partial charge in [0.1, 0.15) is 11.6 Å². The van der Waals surface area contributed by atoms with Gasteiger partial charge in [-0.15, -0.1) is 0 Å². The Morgan fingerprint density at radius 1 is 1.25 bits per heavy atom. The molecule has 2 heterocycles. The number of fused-ring (bicyclic) bond motifs is 1. The van der Waals surface area contributed by atoms with E-state index in [1.165, 1.54) is 11.5 Å². The van der Waals surface area contributed by atoms with E-state index in [0.717, 1.165) is 16.7 Å². The summed E-state index contributed by atoms with van der Waals surface area (Å²) in [7, 11) is 0. The largest absolute Gasteiger partial charge is 0.429 e. The number of nitrogen functional groups attached to an aromatic ring is 1. The molecule has 0 atom stereocenters. The maximum absolute atomic E-state index is 5.92. The molecule has 0 saturated carbocycles. The minimum absolute atomic E-state index is 0.286. The minimum atomic E-state index is 0.286. The number of benzene rings is 1. The molecule has 0 aliphatic rings. The van der Waals surface area contributed by atoms with Gasteiger partial charge in [-0.25, -0.2) is 0 Å². The van der Waals surface area contributed by atoms with E-state index >= 15 is 0 Å². The Balaban J connectivity index is 2.00. The van der Waals surface area contributed by atoms with Crippen molar-refractivity contribution in [2.75, 3.05) is 5.73 Å². The minimum Gasteiger partial charge on any atom is -0.429 e. The van der Waals surface area contributed by atoms with Crippen molar-refractivity contribution in [1.29, 1.82) is 0 Å². The first-order valence-electron chi connectivity index (χ1n) is 6.30. The molecule has 0 radical (unpaired) electrons. The summed E-state index contributed by atoms with van der Waals surface area (Å²) in [6, 6.07) is 7.40. The molecule has 20 heavy (non-hydrogen) atoms. The Kier molecular flexibility index (Phi) is 3.23. The van der Waals surface area contributed by atoms with Crippen LogP contribution in [0.25, 0.3) is 10.9 Å². The summed E-state index contributed by atoms with van der Waals surface area (Å²) in [6.07, 6.45) is 1.71. The molecule has 0 aliphatic heterocycles. The van der Waals surface area contributed by atoms with Crippen molar-refractivity contribution in [2.45, 2.75) is 19.8 Å². The van der Waals surface area contributed by atoms with E-state index < -0.39 is 0 Å². The van der Waals surface area contributed by atoms with Crippen LogP contribution < -0.4 is 10.5 Å². The van der Waals surface area contributed by atoms with Crippen LogP contribution in [0.3, 0.4) is 0 Å². The lowest BCUT2D eigenvalue weighted by atomic mass is 10.2. The second kappa shape index (κ2) is 5.05. The summed E-state index contributed by atoms with van der Waals surface area (Å²) in [5.74, 6) is 1.77. The summed E-state index contributed by atoms with van der Waals surface area (Å²) in [4.78, 5) is 8.65. The van der Waals surface area contributed by atoms with Gasteiger partial charge in [-0.1, -0.05) is 13.8 Å². The average molecular weight is 286 g/mol. The van der Waals surface area contributed by atoms with Crippen molar-refractivity contribution < 1.29 is 4.74 Å². The van der Waals surface area contributed by atoms with Gasteiger partial charge >= 0.3 is 0 Å². The van der Waals surface area contributed by atoms with Crippen LogP contribution in [-0.4, -0.2) is 14.3 Å². The number of aromatic nitrogens is 3. The molecule has 3 aromatic rings. The molecular weight excluding hydrogens is 272 g/mol. The topological polar surface area (TPSA) is 73.9 Å². The summed E-state index contributed by atoms with van der Waals surface area (Å²) in [5.41, 5.74) is 7.29. The van der Waals surface area contributed by atoms with E-state index in [1.54, 1.807) is 12.3 Å². The van der Waals surface area contributed by atoms with Crippen LogP contribution in [0.1, 0.15) is 25.6 Å². The maximum Gasteiger partial charge on any atom is 0.298 e. The Morgan fingerprint density at radius 2 is 2.10 bits per heavy atom. The summed E-state index contributed by atoms with van der Waals surface area (Å²) in [5, 5.41) is 1.40. The van der Waals surface area contributed by atoms with Gasteiger partial charge in [0.15, 0.2) is 0 Å². The predicted molar refractivity (Wildman–Crippen MR) is 80.2 cm³/mol. The zero-order valence-corrected chi connectivity index (χ0v) is 12.0. The Bertz CT molecular complexity index is 754. The van der Waals surface area contributed by atoms with Gasteiger partial charge in [-0.3, -0.25) is 4.98 Å². The fourth-order valence-electron chi connectivity index (χ4n) is 1.85. The van der Waals surface area contributed by atoms with Gasteiger partial charge in [0.05, 0.1) is 11.2 Å². The van der Waals surface area contributed by atoms with Gasteiger partial charge in [0, 0.05) is 29.0 Å². The fraction of sp³-hybridized carbons (Fsp3) is 0.214. The smallest absolute Gasteiger partial charge is 0.298 e. The normalized spacial score (nSPS) is 11.2. The molecular formula is C14H14N4OS. The fourth-order valence-corrected chi connectivity index (χ4v) is 2.53. The van der Waals surface area contributed by atoms with Gasteiger partial charge in [-0.2, -0.15) is 9.36 Å². The van der Waals surface area contributed by atoms with Crippen molar-refractivity contribution in [3.8, 4) is 10.9 Å². The molecule has 0 unspecified atom stereocenters. The molecule has 5 nitrogen and oxygen atoms in total. The molecule has 0 amide bonds. The highest BCUT2D eigenvalue weighted by Crippen LogP contribution is 2.33.